The number of carbonyl (C=O) groups excluding carboxylic acids is 2. The quantitative estimate of drug-likeness (QED) is 0.168. The van der Waals surface area contributed by atoms with Crippen LogP contribution < -0.4 is 15.8 Å². The Morgan fingerprint density at radius 1 is 0.894 bits per heavy atom. The lowest BCUT2D eigenvalue weighted by Crippen LogP contribution is -2.55. The summed E-state index contributed by atoms with van der Waals surface area (Å²) in [6.45, 7) is 3.57. The van der Waals surface area contributed by atoms with E-state index in [2.05, 4.69) is 5.32 Å². The first-order valence-corrected chi connectivity index (χ1v) is 17.9. The number of ether oxygens (including phenoxy) is 2. The fraction of sp³-hybridized carbons (Fsp3) is 0.444. The number of sulfone groups is 1. The van der Waals surface area contributed by atoms with Gasteiger partial charge in [-0.2, -0.15) is 0 Å². The van der Waals surface area contributed by atoms with Crippen molar-refractivity contribution in [2.75, 3.05) is 19.4 Å². The smallest absolute Gasteiger partial charge is 0.408 e. The van der Waals surface area contributed by atoms with Gasteiger partial charge in [0.15, 0.2) is 9.84 Å². The molecule has 3 rings (SSSR count). The summed E-state index contributed by atoms with van der Waals surface area (Å²) in [5.74, 6) is -0.719. The van der Waals surface area contributed by atoms with Gasteiger partial charge in [0.1, 0.15) is 18.4 Å². The van der Waals surface area contributed by atoms with E-state index in [0.29, 0.717) is 43.4 Å². The zero-order chi connectivity index (χ0) is 34.2. The molecule has 0 fully saturated rings. The first-order chi connectivity index (χ1) is 22.6. The van der Waals surface area contributed by atoms with E-state index in [1.807, 2.05) is 50.2 Å². The fourth-order valence-corrected chi connectivity index (χ4v) is 7.58. The maximum atomic E-state index is 14.4. The molecule has 47 heavy (non-hydrogen) atoms. The highest BCUT2D eigenvalue weighted by atomic mass is 32.2. The van der Waals surface area contributed by atoms with Crippen LogP contribution in [0.2, 0.25) is 0 Å². The van der Waals surface area contributed by atoms with Crippen molar-refractivity contribution >= 4 is 21.8 Å². The van der Waals surface area contributed by atoms with E-state index in [-0.39, 0.29) is 19.7 Å². The maximum absolute atomic E-state index is 14.4. The predicted octanol–water partition coefficient (Wildman–Crippen LogP) is 4.63. The van der Waals surface area contributed by atoms with Gasteiger partial charge >= 0.3 is 6.09 Å². The van der Waals surface area contributed by atoms with Crippen molar-refractivity contribution < 1.29 is 32.6 Å². The van der Waals surface area contributed by atoms with Gasteiger partial charge in [0.25, 0.3) is 0 Å². The van der Waals surface area contributed by atoms with Crippen LogP contribution in [0.4, 0.5) is 4.79 Å². The number of nitrogens with one attached hydrogen (secondary N) is 1. The molecule has 0 saturated carbocycles. The molecule has 0 radical (unpaired) electrons. The highest BCUT2D eigenvalue weighted by Crippen LogP contribution is 2.20. The van der Waals surface area contributed by atoms with Gasteiger partial charge in [0.2, 0.25) is 5.91 Å². The summed E-state index contributed by atoms with van der Waals surface area (Å²) in [6.07, 6.45) is 0.477. The Balaban J connectivity index is 1.92. The molecule has 3 aromatic rings. The van der Waals surface area contributed by atoms with Crippen LogP contribution in [0.1, 0.15) is 56.2 Å². The van der Waals surface area contributed by atoms with Crippen molar-refractivity contribution in [3.8, 4) is 5.75 Å². The third kappa shape index (κ3) is 12.3. The molecule has 1 unspecified atom stereocenters. The Kier molecular flexibility index (Phi) is 15.2. The number of hydrogen-bond acceptors (Lipinski definition) is 8. The lowest BCUT2D eigenvalue weighted by atomic mass is 10.0. The van der Waals surface area contributed by atoms with Crippen molar-refractivity contribution in [1.82, 2.24) is 10.2 Å². The van der Waals surface area contributed by atoms with Gasteiger partial charge in [-0.1, -0.05) is 99.5 Å². The first kappa shape index (κ1) is 37.5. The van der Waals surface area contributed by atoms with Crippen molar-refractivity contribution in [2.24, 2.45) is 5.73 Å². The minimum Gasteiger partial charge on any atom is -0.497 e. The average molecular weight is 668 g/mol. The predicted molar refractivity (Wildman–Crippen MR) is 183 cm³/mol. The normalized spacial score (nSPS) is 13.4. The molecule has 0 aliphatic carbocycles. The standard InChI is InChI=1S/C36H49N3O7S/c1-4-13-31(14-5-2)47(43,44)26-33(38-36(42)46-25-28-17-10-7-11-18-28)35(41)39(23-29-19-12-20-30(21-29)45-3)24-34(40)32(37)22-27-15-8-6-9-16-27/h6-12,15-21,31-34,40H,4-5,13-14,22-26,37H2,1-3H3,(H,38,42)/t32-,33?,34+/m0/s1. The van der Waals surface area contributed by atoms with E-state index in [9.17, 15) is 23.1 Å². The molecule has 4 N–H and O–H groups in total. The molecule has 11 heteroatoms. The summed E-state index contributed by atoms with van der Waals surface area (Å²) >= 11 is 0. The molecule has 256 valence electrons. The van der Waals surface area contributed by atoms with Gasteiger partial charge in [-0.25, -0.2) is 13.2 Å². The Morgan fingerprint density at radius 3 is 2.09 bits per heavy atom. The van der Waals surface area contributed by atoms with E-state index >= 15 is 0 Å². The Hall–Kier alpha value is -3.93. The molecule has 3 atom stereocenters. The summed E-state index contributed by atoms with van der Waals surface area (Å²) in [5.41, 5.74) is 8.75. The first-order valence-electron chi connectivity index (χ1n) is 16.1. The number of aliphatic hydroxyl groups is 1. The molecule has 10 nitrogen and oxygen atoms in total. The number of rotatable bonds is 19. The molecule has 0 bridgehead atoms. The summed E-state index contributed by atoms with van der Waals surface area (Å²) in [5, 5.41) is 13.1. The van der Waals surface area contributed by atoms with Gasteiger partial charge in [-0.3, -0.25) is 4.79 Å². The molecule has 0 aromatic heterocycles. The number of amides is 2. The second-order valence-corrected chi connectivity index (χ2v) is 14.1. The zero-order valence-corrected chi connectivity index (χ0v) is 28.4. The van der Waals surface area contributed by atoms with Gasteiger partial charge in [0, 0.05) is 19.1 Å². The van der Waals surface area contributed by atoms with Crippen molar-refractivity contribution in [3.05, 3.63) is 102 Å². The van der Waals surface area contributed by atoms with Crippen LogP contribution in [0.5, 0.6) is 5.75 Å². The van der Waals surface area contributed by atoms with E-state index in [4.69, 9.17) is 15.2 Å². The molecule has 0 aliphatic rings. The third-order valence-electron chi connectivity index (χ3n) is 7.97. The van der Waals surface area contributed by atoms with Crippen LogP contribution in [-0.4, -0.2) is 73.3 Å². The van der Waals surface area contributed by atoms with Crippen LogP contribution in [-0.2, 0) is 38.9 Å². The van der Waals surface area contributed by atoms with E-state index in [1.165, 1.54) is 12.0 Å². The van der Waals surface area contributed by atoms with Gasteiger partial charge < -0.3 is 30.5 Å². The molecule has 3 aromatic carbocycles. The van der Waals surface area contributed by atoms with Gasteiger partial charge in [0.05, 0.1) is 24.2 Å². The van der Waals surface area contributed by atoms with Crippen LogP contribution in [0.3, 0.4) is 0 Å². The second-order valence-electron chi connectivity index (χ2n) is 11.8. The number of nitrogens with zero attached hydrogens (tertiary/aromatic N) is 1. The number of aliphatic hydroxyl groups excluding tert-OH is 1. The molecule has 0 heterocycles. The molecule has 2 amide bonds. The number of nitrogens with two attached hydrogens (primary N) is 1. The minimum atomic E-state index is -3.83. The largest absolute Gasteiger partial charge is 0.497 e. The maximum Gasteiger partial charge on any atom is 0.408 e. The molecule has 0 saturated heterocycles. The Morgan fingerprint density at radius 2 is 1.49 bits per heavy atom. The minimum absolute atomic E-state index is 0.00971. The van der Waals surface area contributed by atoms with Crippen molar-refractivity contribution in [2.45, 2.75) is 82.5 Å². The van der Waals surface area contributed by atoms with Gasteiger partial charge in [-0.15, -0.1) is 0 Å². The zero-order valence-electron chi connectivity index (χ0n) is 27.6. The van der Waals surface area contributed by atoms with Crippen LogP contribution in [0.25, 0.3) is 0 Å². The average Bonchev–Trinajstić information content (AvgIpc) is 3.07. The SMILES string of the molecule is CCCC(CCC)S(=O)(=O)CC(NC(=O)OCc1ccccc1)C(=O)N(Cc1cccc(OC)c1)C[C@@H](O)[C@@H](N)Cc1ccccc1. The van der Waals surface area contributed by atoms with Gasteiger partial charge in [-0.05, 0) is 48.1 Å². The second kappa shape index (κ2) is 19.0. The summed E-state index contributed by atoms with van der Waals surface area (Å²) < 4.78 is 38.2. The molecule has 0 aliphatic heterocycles. The van der Waals surface area contributed by atoms with Crippen LogP contribution in [0.15, 0.2) is 84.9 Å². The summed E-state index contributed by atoms with van der Waals surface area (Å²) in [4.78, 5) is 28.7. The summed E-state index contributed by atoms with van der Waals surface area (Å²) in [6, 6.07) is 23.4. The van der Waals surface area contributed by atoms with E-state index < -0.39 is 51.0 Å². The Labute approximate surface area is 279 Å². The highest BCUT2D eigenvalue weighted by Gasteiger charge is 2.36. The van der Waals surface area contributed by atoms with Crippen molar-refractivity contribution in [1.29, 1.82) is 0 Å². The fourth-order valence-electron chi connectivity index (χ4n) is 5.43. The summed E-state index contributed by atoms with van der Waals surface area (Å²) in [7, 11) is -2.30. The van der Waals surface area contributed by atoms with Crippen LogP contribution in [0, 0.1) is 0 Å². The number of benzene rings is 3. The lowest BCUT2D eigenvalue weighted by molar-refractivity contribution is -0.135. The Bertz CT molecular complexity index is 1480. The lowest BCUT2D eigenvalue weighted by Gasteiger charge is -2.32. The highest BCUT2D eigenvalue weighted by molar-refractivity contribution is 7.92. The molecular weight excluding hydrogens is 618 g/mol. The number of hydrogen-bond donors (Lipinski definition) is 3. The van der Waals surface area contributed by atoms with E-state index in [0.717, 1.165) is 11.1 Å². The number of alkyl carbamates (subject to hydrolysis) is 1. The monoisotopic (exact) mass is 667 g/mol. The number of methoxy groups -OCH3 is 1. The third-order valence-corrected chi connectivity index (χ3v) is 10.3. The van der Waals surface area contributed by atoms with E-state index in [1.54, 1.807) is 48.5 Å². The molecular formula is C36H49N3O7S. The molecule has 0 spiro atoms. The number of carbonyl (C=O) groups is 2. The van der Waals surface area contributed by atoms with Crippen LogP contribution >= 0.6 is 0 Å². The topological polar surface area (TPSA) is 148 Å². The van der Waals surface area contributed by atoms with Crippen molar-refractivity contribution in [3.63, 3.8) is 0 Å².